The number of primary amides is 1. The minimum absolute atomic E-state index is 0.0881. The number of benzene rings is 1. The fourth-order valence-electron chi connectivity index (χ4n) is 3.89. The molecule has 0 radical (unpaired) electrons. The van der Waals surface area contributed by atoms with Gasteiger partial charge in [-0.15, -0.1) is 18.3 Å². The van der Waals surface area contributed by atoms with Crippen molar-refractivity contribution in [2.45, 2.75) is 6.42 Å². The van der Waals surface area contributed by atoms with Crippen LogP contribution >= 0.6 is 11.8 Å². The maximum Gasteiger partial charge on any atom is 0.289 e. The number of rotatable bonds is 5. The molecular weight excluding hydrogens is 482 g/mol. The number of carbonyl (C=O) groups excluding carboxylic acids is 1. The van der Waals surface area contributed by atoms with Crippen LogP contribution in [0.25, 0.3) is 22.1 Å². The molecule has 36 heavy (non-hydrogen) atoms. The molecule has 0 saturated carbocycles. The van der Waals surface area contributed by atoms with Crippen molar-refractivity contribution in [3.05, 3.63) is 85.0 Å². The van der Waals surface area contributed by atoms with Crippen LogP contribution in [0.15, 0.2) is 66.7 Å². The van der Waals surface area contributed by atoms with Crippen LogP contribution in [0.3, 0.4) is 0 Å². The monoisotopic (exact) mass is 499 g/mol. The van der Waals surface area contributed by atoms with E-state index in [9.17, 15) is 24.9 Å². The summed E-state index contributed by atoms with van der Waals surface area (Å²) in [6.45, 7) is 3.70. The van der Waals surface area contributed by atoms with Crippen LogP contribution < -0.4 is 27.9 Å². The Hall–Kier alpha value is -5.07. The van der Waals surface area contributed by atoms with Gasteiger partial charge < -0.3 is 15.9 Å². The molecule has 1 aliphatic heterocycles. The number of nitrogens with two attached hydrogens (primary N) is 2. The second-order valence-electron chi connectivity index (χ2n) is 7.46. The number of hydrogen-bond acceptors (Lipinski definition) is 10. The number of aromatic nitrogens is 1. The van der Waals surface area contributed by atoms with Gasteiger partial charge in [0.05, 0.1) is 10.9 Å². The lowest BCUT2D eigenvalue weighted by atomic mass is 9.96. The Labute approximate surface area is 207 Å². The van der Waals surface area contributed by atoms with E-state index in [0.29, 0.717) is 17.6 Å². The quantitative estimate of drug-likeness (QED) is 0.438. The van der Waals surface area contributed by atoms with E-state index in [4.69, 9.17) is 15.9 Å². The summed E-state index contributed by atoms with van der Waals surface area (Å²) in [5.41, 5.74) is 12.2. The average Bonchev–Trinajstić information content (AvgIpc) is 3.01. The van der Waals surface area contributed by atoms with Gasteiger partial charge in [0.2, 0.25) is 5.43 Å². The topological polar surface area (TPSA) is 193 Å². The summed E-state index contributed by atoms with van der Waals surface area (Å²) < 4.78 is 6.57. The molecule has 5 N–H and O–H groups in total. The number of nitrogens with one attached hydrogen (secondary N) is 1. The largest absolute Gasteiger partial charge is 0.463 e. The number of hydrogen-bond donors (Lipinski definition) is 3. The number of nitrogens with zero attached hydrogens (tertiary/aromatic N) is 4. The highest BCUT2D eigenvalue weighted by Crippen LogP contribution is 2.33. The first-order chi connectivity index (χ1) is 17.3. The van der Waals surface area contributed by atoms with E-state index < -0.39 is 22.5 Å². The van der Waals surface area contributed by atoms with E-state index in [1.165, 1.54) is 6.07 Å². The van der Waals surface area contributed by atoms with E-state index in [2.05, 4.69) is 17.0 Å². The van der Waals surface area contributed by atoms with Gasteiger partial charge in [0.1, 0.15) is 51.5 Å². The molecule has 1 aromatic carbocycles. The molecule has 3 aromatic rings. The van der Waals surface area contributed by atoms with Gasteiger partial charge in [0, 0.05) is 5.56 Å². The molecule has 1 aliphatic rings. The summed E-state index contributed by atoms with van der Waals surface area (Å²) in [4.78, 5) is 43.0. The number of thioether (sulfide) groups is 1. The van der Waals surface area contributed by atoms with Crippen molar-refractivity contribution in [2.75, 3.05) is 11.7 Å². The molecule has 0 unspecified atom stereocenters. The van der Waals surface area contributed by atoms with Gasteiger partial charge in [0.15, 0.2) is 5.82 Å². The summed E-state index contributed by atoms with van der Waals surface area (Å²) in [5.74, 6) is -1.58. The van der Waals surface area contributed by atoms with Gasteiger partial charge in [-0.3, -0.25) is 19.8 Å². The number of fused-ring (bicyclic) bond motifs is 2. The number of carbonyl (C=O) groups is 1. The SMILES string of the molecule is C=CCc1cccc2c(=O)c(-c3c(C#N)c4n(c(=O)c3C#N)NC(SC)=C(C(N)=O)C(N)=N4)coc12. The highest BCUT2D eigenvalue weighted by Gasteiger charge is 2.30. The molecule has 178 valence electrons. The van der Waals surface area contributed by atoms with E-state index >= 15 is 0 Å². The molecule has 0 saturated heterocycles. The summed E-state index contributed by atoms with van der Waals surface area (Å²) in [7, 11) is 0. The van der Waals surface area contributed by atoms with E-state index in [1.807, 2.05) is 6.07 Å². The van der Waals surface area contributed by atoms with Crippen LogP contribution in [0.1, 0.15) is 16.7 Å². The second kappa shape index (κ2) is 9.29. The van der Waals surface area contributed by atoms with Gasteiger partial charge in [-0.1, -0.05) is 18.2 Å². The molecule has 0 aliphatic carbocycles. The van der Waals surface area contributed by atoms with Crippen molar-refractivity contribution in [2.24, 2.45) is 16.5 Å². The molecule has 0 atom stereocenters. The van der Waals surface area contributed by atoms with Gasteiger partial charge in [0.25, 0.3) is 11.5 Å². The lowest BCUT2D eigenvalue weighted by molar-refractivity contribution is -0.114. The highest BCUT2D eigenvalue weighted by molar-refractivity contribution is 8.02. The highest BCUT2D eigenvalue weighted by atomic mass is 32.2. The molecule has 12 heteroatoms. The Morgan fingerprint density at radius 1 is 1.31 bits per heavy atom. The summed E-state index contributed by atoms with van der Waals surface area (Å²) in [5, 5.41) is 20.2. The minimum atomic E-state index is -0.921. The molecule has 1 amide bonds. The number of amidine groups is 1. The van der Waals surface area contributed by atoms with Gasteiger partial charge >= 0.3 is 0 Å². The molecule has 11 nitrogen and oxygen atoms in total. The van der Waals surface area contributed by atoms with Crippen molar-refractivity contribution in [1.29, 1.82) is 10.5 Å². The van der Waals surface area contributed by atoms with Crippen LogP contribution in [0.5, 0.6) is 0 Å². The maximum absolute atomic E-state index is 13.5. The van der Waals surface area contributed by atoms with Crippen molar-refractivity contribution >= 4 is 40.3 Å². The third-order valence-electron chi connectivity index (χ3n) is 5.46. The number of allylic oxidation sites excluding steroid dienone is 1. The van der Waals surface area contributed by atoms with Crippen LogP contribution in [-0.2, 0) is 11.2 Å². The lowest BCUT2D eigenvalue weighted by Crippen LogP contribution is -2.32. The number of nitriles is 2. The van der Waals surface area contributed by atoms with Crippen LogP contribution in [0.2, 0.25) is 0 Å². The Balaban J connectivity index is 2.13. The van der Waals surface area contributed by atoms with Crippen LogP contribution in [0, 0.1) is 22.7 Å². The molecule has 0 bridgehead atoms. The van der Waals surface area contributed by atoms with Crippen molar-refractivity contribution in [1.82, 2.24) is 4.68 Å². The molecular formula is C24H17N7O4S. The van der Waals surface area contributed by atoms with Crippen molar-refractivity contribution < 1.29 is 9.21 Å². The third-order valence-corrected chi connectivity index (χ3v) is 6.17. The van der Waals surface area contributed by atoms with Crippen molar-refractivity contribution in [3.8, 4) is 23.3 Å². The first-order valence-corrected chi connectivity index (χ1v) is 11.5. The van der Waals surface area contributed by atoms with Crippen LogP contribution in [0.4, 0.5) is 5.82 Å². The number of amides is 1. The van der Waals surface area contributed by atoms with Gasteiger partial charge in [-0.25, -0.2) is 4.99 Å². The fourth-order valence-corrected chi connectivity index (χ4v) is 4.48. The Bertz CT molecular complexity index is 1750. The molecule has 0 fully saturated rings. The Morgan fingerprint density at radius 2 is 2.03 bits per heavy atom. The third kappa shape index (κ3) is 3.62. The lowest BCUT2D eigenvalue weighted by Gasteiger charge is -2.16. The molecule has 4 rings (SSSR count). The van der Waals surface area contributed by atoms with Gasteiger partial charge in [-0.2, -0.15) is 15.2 Å². The summed E-state index contributed by atoms with van der Waals surface area (Å²) in [6.07, 6.45) is 4.80. The standard InChI is InChI=1S/C24H17N7O4S/c1-3-5-11-6-4-7-12-18(32)15(10-35-19(11)12)16-13(8-25)22-29-20(27)17(21(28)33)23(36-2)30-31(22)24(34)14(16)9-26/h3-4,6-7,10,30H,1,5H2,2H3,(H2,27,29)(H2,28,33). The number of para-hydroxylation sites is 1. The smallest absolute Gasteiger partial charge is 0.289 e. The first-order valence-electron chi connectivity index (χ1n) is 10.3. The minimum Gasteiger partial charge on any atom is -0.463 e. The summed E-state index contributed by atoms with van der Waals surface area (Å²) >= 11 is 1.02. The first kappa shape index (κ1) is 24.1. The fraction of sp³-hybridized carbons (Fsp3) is 0.0833. The van der Waals surface area contributed by atoms with E-state index in [1.54, 1.807) is 30.5 Å². The average molecular weight is 500 g/mol. The molecule has 2 aromatic heterocycles. The van der Waals surface area contributed by atoms with E-state index in [0.717, 1.165) is 22.7 Å². The summed E-state index contributed by atoms with van der Waals surface area (Å²) in [6, 6.07) is 8.67. The zero-order valence-corrected chi connectivity index (χ0v) is 19.6. The van der Waals surface area contributed by atoms with Crippen LogP contribution in [-0.4, -0.2) is 22.7 Å². The number of aliphatic imine (C=N–C) groups is 1. The van der Waals surface area contributed by atoms with Gasteiger partial charge in [-0.05, 0) is 24.3 Å². The predicted octanol–water partition coefficient (Wildman–Crippen LogP) is 1.70. The molecule has 3 heterocycles. The van der Waals surface area contributed by atoms with E-state index in [-0.39, 0.29) is 44.3 Å². The zero-order chi connectivity index (χ0) is 26.1. The zero-order valence-electron chi connectivity index (χ0n) is 18.8. The second-order valence-corrected chi connectivity index (χ2v) is 8.28. The van der Waals surface area contributed by atoms with Crippen molar-refractivity contribution in [3.63, 3.8) is 0 Å². The Kier molecular flexibility index (Phi) is 6.21. The predicted molar refractivity (Wildman–Crippen MR) is 136 cm³/mol. The Morgan fingerprint density at radius 3 is 2.64 bits per heavy atom. The molecule has 0 spiro atoms. The normalized spacial score (nSPS) is 12.6. The number of pyridine rings is 1. The maximum atomic E-state index is 13.5.